The van der Waals surface area contributed by atoms with E-state index in [2.05, 4.69) is 5.32 Å². The summed E-state index contributed by atoms with van der Waals surface area (Å²) in [5.41, 5.74) is -2.19. The molecule has 0 spiro atoms. The van der Waals surface area contributed by atoms with E-state index in [0.29, 0.717) is 17.7 Å². The first kappa shape index (κ1) is 41.9. The van der Waals surface area contributed by atoms with Crippen LogP contribution in [0.1, 0.15) is 94.9 Å². The lowest BCUT2D eigenvalue weighted by Gasteiger charge is -2.48. The standard InChI is InChI=1S/C37H60N2O11/c1-13-29-37(10,45)33-22(5)30(38-25(8)41)19(2)16-36(9,47-18-26(42)17-46-33)32(23(6)31(43)24(7)34(44)49-29)50-35-27(14-20(3)40)28(39(11)12)15-21(4)48-35/h21-24,27-29,32-33,35,45H,13-18H2,1-12H3,(H,38,41)/t21-,22+,23+,24-,27-,28+,29-,32-,33-,35+,36-,37-/m1/s1. The number of ether oxygens (including phenoxy) is 5. The number of rotatable bonds is 7. The molecule has 3 heterocycles. The molecular formula is C37H60N2O11. The number of aliphatic hydroxyl groups is 1. The second-order valence-corrected chi connectivity index (χ2v) is 15.4. The molecule has 1 fully saturated rings. The highest BCUT2D eigenvalue weighted by molar-refractivity contribution is 6.00. The van der Waals surface area contributed by atoms with Crippen LogP contribution >= 0.6 is 0 Å². The SMILES string of the molecule is CC[C@H]1OC(=O)[C@H](C)C(=O)[C@H](C)[C@@H](O[C@@H]2O[C@H](C)C[C@H](N(C)C)[C@H]2CC(C)=O)[C@@]2(C)CC(C)=C(NC(C)=O)[C@H](C)[C@@H](OCC(=O)CO2)[C@]1(C)O. The molecule has 13 nitrogen and oxygen atoms in total. The van der Waals surface area contributed by atoms with Crippen LogP contribution in [0.5, 0.6) is 0 Å². The van der Waals surface area contributed by atoms with Crippen molar-refractivity contribution in [3.8, 4) is 0 Å². The predicted molar refractivity (Wildman–Crippen MR) is 184 cm³/mol. The van der Waals surface area contributed by atoms with E-state index in [1.807, 2.05) is 32.8 Å². The lowest BCUT2D eigenvalue weighted by atomic mass is 9.76. The number of carbonyl (C=O) groups is 5. The Hall–Kier alpha value is -2.55. The summed E-state index contributed by atoms with van der Waals surface area (Å²) >= 11 is 0. The van der Waals surface area contributed by atoms with Crippen LogP contribution in [0.2, 0.25) is 0 Å². The Morgan fingerprint density at radius 2 is 1.68 bits per heavy atom. The molecular weight excluding hydrogens is 648 g/mol. The molecule has 1 saturated heterocycles. The summed E-state index contributed by atoms with van der Waals surface area (Å²) in [6, 6.07) is -0.0874. The largest absolute Gasteiger partial charge is 0.459 e. The number of amides is 1. The summed E-state index contributed by atoms with van der Waals surface area (Å²) in [4.78, 5) is 68.7. The average Bonchev–Trinajstić information content (AvgIpc) is 3.03. The van der Waals surface area contributed by atoms with Crippen molar-refractivity contribution in [3.05, 3.63) is 11.3 Å². The topological polar surface area (TPSA) is 167 Å². The summed E-state index contributed by atoms with van der Waals surface area (Å²) < 4.78 is 31.8. The van der Waals surface area contributed by atoms with Crippen LogP contribution in [-0.2, 0) is 47.7 Å². The minimum Gasteiger partial charge on any atom is -0.459 e. The summed E-state index contributed by atoms with van der Waals surface area (Å²) in [7, 11) is 3.87. The Labute approximate surface area is 297 Å². The van der Waals surface area contributed by atoms with Gasteiger partial charge < -0.3 is 43.8 Å². The molecule has 13 heteroatoms. The first-order chi connectivity index (χ1) is 23.1. The lowest BCUT2D eigenvalue weighted by molar-refractivity contribution is -0.283. The van der Waals surface area contributed by atoms with Crippen LogP contribution in [-0.4, -0.2) is 114 Å². The third-order valence-electron chi connectivity index (χ3n) is 10.7. The van der Waals surface area contributed by atoms with E-state index >= 15 is 0 Å². The van der Waals surface area contributed by atoms with E-state index in [0.717, 1.165) is 0 Å². The number of fused-ring (bicyclic) bond motifs is 4. The van der Waals surface area contributed by atoms with E-state index in [4.69, 9.17) is 23.7 Å². The second-order valence-electron chi connectivity index (χ2n) is 15.4. The highest BCUT2D eigenvalue weighted by atomic mass is 16.7. The van der Waals surface area contributed by atoms with Crippen molar-refractivity contribution >= 4 is 29.2 Å². The molecule has 2 N–H and O–H groups in total. The first-order valence-corrected chi connectivity index (χ1v) is 17.8. The zero-order valence-electron chi connectivity index (χ0n) is 32.0. The monoisotopic (exact) mass is 708 g/mol. The average molecular weight is 709 g/mol. The molecule has 3 aliphatic heterocycles. The molecule has 0 saturated carbocycles. The number of esters is 1. The molecule has 0 aromatic heterocycles. The van der Waals surface area contributed by atoms with Gasteiger partial charge in [-0.25, -0.2) is 0 Å². The number of hydrogen-bond donors (Lipinski definition) is 2. The molecule has 0 aliphatic carbocycles. The Morgan fingerprint density at radius 1 is 1.04 bits per heavy atom. The molecule has 1 amide bonds. The van der Waals surface area contributed by atoms with Gasteiger partial charge in [0.15, 0.2) is 17.9 Å². The highest BCUT2D eigenvalue weighted by Crippen LogP contribution is 2.41. The van der Waals surface area contributed by atoms with Crippen molar-refractivity contribution in [1.82, 2.24) is 10.2 Å². The van der Waals surface area contributed by atoms with E-state index in [1.54, 1.807) is 27.7 Å². The van der Waals surface area contributed by atoms with Gasteiger partial charge in [0.1, 0.15) is 36.6 Å². The molecule has 0 unspecified atom stereocenters. The molecule has 284 valence electrons. The molecule has 0 aromatic rings. The molecule has 2 bridgehead atoms. The normalized spacial score (nSPS) is 39.7. The predicted octanol–water partition coefficient (Wildman–Crippen LogP) is 3.14. The van der Waals surface area contributed by atoms with Gasteiger partial charge in [0.2, 0.25) is 5.91 Å². The molecule has 12 atom stereocenters. The highest BCUT2D eigenvalue weighted by Gasteiger charge is 2.52. The minimum atomic E-state index is -1.85. The van der Waals surface area contributed by atoms with Crippen molar-refractivity contribution in [1.29, 1.82) is 0 Å². The van der Waals surface area contributed by atoms with Crippen LogP contribution < -0.4 is 5.32 Å². The third-order valence-corrected chi connectivity index (χ3v) is 10.7. The van der Waals surface area contributed by atoms with Crippen LogP contribution in [0.4, 0.5) is 0 Å². The number of ketones is 3. The summed E-state index contributed by atoms with van der Waals surface area (Å²) in [6.07, 6.45) is -3.51. The van der Waals surface area contributed by atoms with Gasteiger partial charge >= 0.3 is 5.97 Å². The van der Waals surface area contributed by atoms with Gasteiger partial charge in [-0.1, -0.05) is 26.3 Å². The van der Waals surface area contributed by atoms with E-state index < -0.39 is 90.2 Å². The number of cyclic esters (lactones) is 1. The van der Waals surface area contributed by atoms with Gasteiger partial charge in [-0.05, 0) is 68.5 Å². The van der Waals surface area contributed by atoms with Crippen molar-refractivity contribution in [2.75, 3.05) is 27.3 Å². The van der Waals surface area contributed by atoms with Crippen molar-refractivity contribution < 1.29 is 52.8 Å². The quantitative estimate of drug-likeness (QED) is 0.294. The maximum absolute atomic E-state index is 14.3. The third kappa shape index (κ3) is 9.46. The van der Waals surface area contributed by atoms with Crippen LogP contribution in [0, 0.1) is 23.7 Å². The molecule has 50 heavy (non-hydrogen) atoms. The lowest BCUT2D eigenvalue weighted by Crippen LogP contribution is -2.58. The van der Waals surface area contributed by atoms with Gasteiger partial charge in [0, 0.05) is 49.3 Å². The van der Waals surface area contributed by atoms with Gasteiger partial charge in [-0.2, -0.15) is 0 Å². The molecule has 3 aliphatic rings. The van der Waals surface area contributed by atoms with Crippen molar-refractivity contribution in [2.45, 2.75) is 143 Å². The van der Waals surface area contributed by atoms with E-state index in [9.17, 15) is 29.1 Å². The number of Topliss-reactive ketones (excluding diaryl/α,β-unsaturated/α-hetero) is 3. The van der Waals surface area contributed by atoms with Crippen LogP contribution in [0.3, 0.4) is 0 Å². The van der Waals surface area contributed by atoms with E-state index in [-0.39, 0.29) is 43.1 Å². The smallest absolute Gasteiger partial charge is 0.316 e. The Bertz CT molecular complexity index is 1310. The molecule has 3 rings (SSSR count). The zero-order chi connectivity index (χ0) is 37.9. The van der Waals surface area contributed by atoms with Gasteiger partial charge in [-0.3, -0.25) is 19.2 Å². The first-order valence-electron chi connectivity index (χ1n) is 17.8. The second kappa shape index (κ2) is 16.9. The number of nitrogens with one attached hydrogen (secondary N) is 1. The summed E-state index contributed by atoms with van der Waals surface area (Å²) in [5.74, 6) is -5.55. The fraction of sp³-hybridized carbons (Fsp3) is 0.811. The Morgan fingerprint density at radius 3 is 2.24 bits per heavy atom. The Kier molecular flexibility index (Phi) is 14.1. The fourth-order valence-corrected chi connectivity index (χ4v) is 8.10. The molecule has 0 aromatic carbocycles. The molecule has 0 radical (unpaired) electrons. The van der Waals surface area contributed by atoms with Crippen molar-refractivity contribution in [2.24, 2.45) is 23.7 Å². The number of hydrogen-bond acceptors (Lipinski definition) is 12. The number of carbonyl (C=O) groups excluding carboxylic acids is 5. The summed E-state index contributed by atoms with van der Waals surface area (Å²) in [6.45, 7) is 15.6. The number of nitrogens with zero attached hydrogens (tertiary/aromatic N) is 1. The van der Waals surface area contributed by atoms with Gasteiger partial charge in [0.25, 0.3) is 0 Å². The maximum Gasteiger partial charge on any atom is 0.316 e. The zero-order valence-corrected chi connectivity index (χ0v) is 32.0. The maximum atomic E-state index is 14.3. The van der Waals surface area contributed by atoms with Gasteiger partial charge in [-0.15, -0.1) is 0 Å². The minimum absolute atomic E-state index is 0.0493. The Balaban J connectivity index is 2.35. The van der Waals surface area contributed by atoms with Crippen LogP contribution in [0.25, 0.3) is 0 Å². The van der Waals surface area contributed by atoms with E-state index in [1.165, 1.54) is 27.7 Å². The fourth-order valence-electron chi connectivity index (χ4n) is 8.10. The van der Waals surface area contributed by atoms with Crippen LogP contribution in [0.15, 0.2) is 11.3 Å². The van der Waals surface area contributed by atoms with Crippen molar-refractivity contribution in [3.63, 3.8) is 0 Å². The summed E-state index contributed by atoms with van der Waals surface area (Å²) in [5, 5.41) is 15.0. The van der Waals surface area contributed by atoms with Gasteiger partial charge in [0.05, 0.1) is 23.9 Å².